The van der Waals surface area contributed by atoms with Crippen LogP contribution in [0.25, 0.3) is 10.8 Å². The van der Waals surface area contributed by atoms with Crippen LogP contribution in [-0.2, 0) is 22.4 Å². The van der Waals surface area contributed by atoms with Crippen LogP contribution in [0.15, 0.2) is 115 Å². The molecule has 0 saturated carbocycles. The molecule has 0 saturated heterocycles. The number of fused-ring (bicyclic) bond motifs is 1. The number of rotatable bonds is 10. The summed E-state index contributed by atoms with van der Waals surface area (Å²) in [7, 11) is 0. The molecular formula is C38H23Cl5O6. The highest BCUT2D eigenvalue weighted by Crippen LogP contribution is 2.55. The molecule has 11 heteroatoms. The summed E-state index contributed by atoms with van der Waals surface area (Å²) in [5.74, 6) is -1.41. The van der Waals surface area contributed by atoms with Crippen molar-refractivity contribution < 1.29 is 28.5 Å². The van der Waals surface area contributed by atoms with Gasteiger partial charge < -0.3 is 18.9 Å². The van der Waals surface area contributed by atoms with E-state index in [-0.39, 0.29) is 62.8 Å². The average Bonchev–Trinajstić information content (AvgIpc) is 3.07. The van der Waals surface area contributed by atoms with Gasteiger partial charge >= 0.3 is 11.9 Å². The maximum atomic E-state index is 13.5. The Morgan fingerprint density at radius 2 is 0.857 bits per heavy atom. The fourth-order valence-corrected chi connectivity index (χ4v) is 5.97. The van der Waals surface area contributed by atoms with Gasteiger partial charge in [0.15, 0.2) is 11.5 Å². The minimum atomic E-state index is -0.621. The second-order valence-electron chi connectivity index (χ2n) is 10.6. The molecule has 0 fully saturated rings. The summed E-state index contributed by atoms with van der Waals surface area (Å²) in [5.41, 5.74) is 1.44. The Balaban J connectivity index is 1.59. The van der Waals surface area contributed by atoms with E-state index < -0.39 is 11.9 Å². The Morgan fingerprint density at radius 1 is 0.449 bits per heavy atom. The quantitative estimate of drug-likeness (QED) is 0.102. The van der Waals surface area contributed by atoms with Gasteiger partial charge in [0.25, 0.3) is 0 Å². The predicted octanol–water partition coefficient (Wildman–Crippen LogP) is 12.0. The van der Waals surface area contributed by atoms with Crippen LogP contribution in [0.5, 0.6) is 34.5 Å². The Bertz CT molecular complexity index is 2170. The second kappa shape index (κ2) is 15.4. The molecule has 6 aromatic carbocycles. The zero-order chi connectivity index (χ0) is 34.5. The Labute approximate surface area is 306 Å². The summed E-state index contributed by atoms with van der Waals surface area (Å²) in [6, 6.07) is 32.1. The summed E-state index contributed by atoms with van der Waals surface area (Å²) in [5, 5.41) is 1.91. The molecule has 6 rings (SSSR count). The van der Waals surface area contributed by atoms with Crippen molar-refractivity contribution in [3.05, 3.63) is 152 Å². The molecule has 0 amide bonds. The second-order valence-corrected chi connectivity index (χ2v) is 12.8. The van der Waals surface area contributed by atoms with Crippen molar-refractivity contribution >= 4 is 80.7 Å². The first-order chi connectivity index (χ1) is 23.6. The van der Waals surface area contributed by atoms with Crippen molar-refractivity contribution in [2.75, 3.05) is 0 Å². The summed E-state index contributed by atoms with van der Waals surface area (Å²) < 4.78 is 25.0. The largest absolute Gasteiger partial charge is 0.448 e. The van der Waals surface area contributed by atoms with Crippen LogP contribution < -0.4 is 18.9 Å². The van der Waals surface area contributed by atoms with Crippen LogP contribution in [0.1, 0.15) is 11.1 Å². The molecule has 49 heavy (non-hydrogen) atoms. The standard InChI is InChI=1S/C38H23Cl5O6/c39-24-11-14-27-28(19-24)36(49-34(45)18-23-9-5-2-6-10-23)38(47-32-16-13-26(41)21-30(32)43)37(46-31-15-12-25(40)20-29(31)42)35(27)48-33(44)17-22-7-3-1-4-8-22/h1-16,19-21H,17-18H2. The van der Waals surface area contributed by atoms with Crippen LogP contribution >= 0.6 is 58.0 Å². The molecule has 0 atom stereocenters. The number of hydrogen-bond donors (Lipinski definition) is 0. The molecule has 6 nitrogen and oxygen atoms in total. The molecule has 0 aliphatic carbocycles. The van der Waals surface area contributed by atoms with Crippen LogP contribution in [0.3, 0.4) is 0 Å². The maximum Gasteiger partial charge on any atom is 0.315 e. The van der Waals surface area contributed by atoms with Gasteiger partial charge in [0.05, 0.1) is 22.9 Å². The molecule has 0 aliphatic rings. The van der Waals surface area contributed by atoms with E-state index in [4.69, 9.17) is 77.0 Å². The molecular weight excluding hydrogens is 730 g/mol. The molecule has 0 radical (unpaired) electrons. The monoisotopic (exact) mass is 750 g/mol. The van der Waals surface area contributed by atoms with E-state index in [1.54, 1.807) is 54.6 Å². The summed E-state index contributed by atoms with van der Waals surface area (Å²) in [4.78, 5) is 27.1. The molecule has 0 unspecified atom stereocenters. The molecule has 0 heterocycles. The minimum Gasteiger partial charge on any atom is -0.448 e. The fraction of sp³-hybridized carbons (Fsp3) is 0.0526. The van der Waals surface area contributed by atoms with Crippen molar-refractivity contribution in [2.45, 2.75) is 12.8 Å². The van der Waals surface area contributed by atoms with Gasteiger partial charge in [0.1, 0.15) is 11.5 Å². The van der Waals surface area contributed by atoms with Crippen molar-refractivity contribution in [2.24, 2.45) is 0 Å². The fourth-order valence-electron chi connectivity index (χ4n) is 4.90. The van der Waals surface area contributed by atoms with E-state index in [1.165, 1.54) is 24.3 Å². The van der Waals surface area contributed by atoms with Gasteiger partial charge in [-0.15, -0.1) is 0 Å². The lowest BCUT2D eigenvalue weighted by Crippen LogP contribution is -2.15. The van der Waals surface area contributed by atoms with Gasteiger partial charge in [-0.05, 0) is 65.7 Å². The lowest BCUT2D eigenvalue weighted by molar-refractivity contribution is -0.134. The zero-order valence-electron chi connectivity index (χ0n) is 25.2. The number of ether oxygens (including phenoxy) is 4. The molecule has 0 spiro atoms. The van der Waals surface area contributed by atoms with E-state index in [2.05, 4.69) is 0 Å². The zero-order valence-corrected chi connectivity index (χ0v) is 29.0. The third-order valence-electron chi connectivity index (χ3n) is 7.12. The van der Waals surface area contributed by atoms with Gasteiger partial charge in [-0.2, -0.15) is 0 Å². The lowest BCUT2D eigenvalue weighted by Gasteiger charge is -2.22. The van der Waals surface area contributed by atoms with Crippen LogP contribution in [0.2, 0.25) is 25.1 Å². The van der Waals surface area contributed by atoms with Gasteiger partial charge in [-0.25, -0.2) is 0 Å². The van der Waals surface area contributed by atoms with Crippen molar-refractivity contribution in [3.8, 4) is 34.5 Å². The van der Waals surface area contributed by atoms with Gasteiger partial charge in [0.2, 0.25) is 11.5 Å². The highest BCUT2D eigenvalue weighted by Gasteiger charge is 2.30. The van der Waals surface area contributed by atoms with E-state index in [1.807, 2.05) is 36.4 Å². The average molecular weight is 753 g/mol. The number of carbonyl (C=O) groups excluding carboxylic acids is 2. The maximum absolute atomic E-state index is 13.5. The van der Waals surface area contributed by atoms with Crippen LogP contribution in [0.4, 0.5) is 0 Å². The van der Waals surface area contributed by atoms with E-state index in [0.717, 1.165) is 5.56 Å². The number of hydrogen-bond acceptors (Lipinski definition) is 6. The van der Waals surface area contributed by atoms with E-state index in [0.29, 0.717) is 26.0 Å². The minimum absolute atomic E-state index is 0.0541. The summed E-state index contributed by atoms with van der Waals surface area (Å²) in [6.45, 7) is 0. The topological polar surface area (TPSA) is 71.1 Å². The predicted molar refractivity (Wildman–Crippen MR) is 194 cm³/mol. The number of carbonyl (C=O) groups is 2. The van der Waals surface area contributed by atoms with Crippen LogP contribution in [0, 0.1) is 0 Å². The Hall–Kier alpha value is -4.43. The first-order valence-corrected chi connectivity index (χ1v) is 16.6. The smallest absolute Gasteiger partial charge is 0.315 e. The Morgan fingerprint density at radius 3 is 1.31 bits per heavy atom. The van der Waals surface area contributed by atoms with Gasteiger partial charge in [0, 0.05) is 25.8 Å². The molecule has 0 bridgehead atoms. The van der Waals surface area contributed by atoms with E-state index in [9.17, 15) is 9.59 Å². The highest BCUT2D eigenvalue weighted by atomic mass is 35.5. The third kappa shape index (κ3) is 8.42. The lowest BCUT2D eigenvalue weighted by atomic mass is 10.1. The highest BCUT2D eigenvalue weighted by molar-refractivity contribution is 6.36. The van der Waals surface area contributed by atoms with Crippen molar-refractivity contribution in [3.63, 3.8) is 0 Å². The van der Waals surface area contributed by atoms with Crippen molar-refractivity contribution in [1.29, 1.82) is 0 Å². The first-order valence-electron chi connectivity index (χ1n) is 14.7. The van der Waals surface area contributed by atoms with Gasteiger partial charge in [-0.1, -0.05) is 119 Å². The first kappa shape index (κ1) is 34.4. The van der Waals surface area contributed by atoms with Crippen LogP contribution in [-0.4, -0.2) is 11.9 Å². The molecule has 6 aromatic rings. The Kier molecular flexibility index (Phi) is 10.8. The van der Waals surface area contributed by atoms with Gasteiger partial charge in [-0.3, -0.25) is 9.59 Å². The summed E-state index contributed by atoms with van der Waals surface area (Å²) >= 11 is 32.0. The normalized spacial score (nSPS) is 10.9. The third-order valence-corrected chi connectivity index (χ3v) is 8.41. The van der Waals surface area contributed by atoms with E-state index >= 15 is 0 Å². The molecule has 0 N–H and O–H groups in total. The molecule has 0 aliphatic heterocycles. The SMILES string of the molecule is O=C(Cc1ccccc1)Oc1c(Oc2ccc(Cl)cc2Cl)c(Oc2ccc(Cl)cc2Cl)c(OC(=O)Cc2ccccc2)c2cc(Cl)ccc12. The molecule has 246 valence electrons. The van der Waals surface area contributed by atoms with Crippen molar-refractivity contribution in [1.82, 2.24) is 0 Å². The number of halogens is 5. The number of esters is 2. The number of benzene rings is 6. The molecule has 0 aromatic heterocycles. The summed E-state index contributed by atoms with van der Waals surface area (Å²) in [6.07, 6.45) is -0.138.